The highest BCUT2D eigenvalue weighted by Crippen LogP contribution is 2.32. The fourth-order valence-electron chi connectivity index (χ4n) is 3.59. The number of aromatic nitrogens is 3. The summed E-state index contributed by atoms with van der Waals surface area (Å²) in [5.74, 6) is -9.11. The molecule has 2 heterocycles. The van der Waals surface area contributed by atoms with Crippen LogP contribution < -0.4 is 16.0 Å². The van der Waals surface area contributed by atoms with Gasteiger partial charge in [0.2, 0.25) is 16.0 Å². The Labute approximate surface area is 200 Å². The molecule has 14 heteroatoms. The summed E-state index contributed by atoms with van der Waals surface area (Å²) in [7, 11) is -4.79. The van der Waals surface area contributed by atoms with E-state index in [1.54, 1.807) is 6.92 Å². The Morgan fingerprint density at radius 1 is 1.00 bits per heavy atom. The van der Waals surface area contributed by atoms with E-state index in [9.17, 15) is 30.8 Å². The van der Waals surface area contributed by atoms with Crippen molar-refractivity contribution in [3.8, 4) is 11.1 Å². The molecule has 0 atom stereocenters. The SMILES string of the molecule is CCn1c(=O)c(-c2cc(F)c(NS(=O)(=O)Cc3c(F)cccc3F)c(F)c2F)cc2cnc(N)nc21. The van der Waals surface area contributed by atoms with E-state index in [1.807, 2.05) is 0 Å². The average molecular weight is 525 g/mol. The van der Waals surface area contributed by atoms with Crippen molar-refractivity contribution in [2.45, 2.75) is 19.2 Å². The number of nitrogens with two attached hydrogens (primary N) is 1. The normalized spacial score (nSPS) is 11.7. The molecule has 4 aromatic rings. The Kier molecular flexibility index (Phi) is 6.39. The van der Waals surface area contributed by atoms with E-state index >= 15 is 4.39 Å². The van der Waals surface area contributed by atoms with E-state index in [1.165, 1.54) is 10.9 Å². The van der Waals surface area contributed by atoms with E-state index in [0.29, 0.717) is 6.07 Å². The zero-order valence-electron chi connectivity index (χ0n) is 18.3. The lowest BCUT2D eigenvalue weighted by atomic mass is 10.0. The third kappa shape index (κ3) is 4.46. The van der Waals surface area contributed by atoms with Crippen molar-refractivity contribution < 1.29 is 30.4 Å². The Bertz CT molecular complexity index is 1670. The molecule has 0 fully saturated rings. The first kappa shape index (κ1) is 25.0. The zero-order chi connectivity index (χ0) is 26.4. The van der Waals surface area contributed by atoms with Crippen molar-refractivity contribution in [3.63, 3.8) is 0 Å². The van der Waals surface area contributed by atoms with Crippen LogP contribution in [-0.2, 0) is 22.3 Å². The predicted molar refractivity (Wildman–Crippen MR) is 122 cm³/mol. The molecule has 0 unspecified atom stereocenters. The number of rotatable bonds is 6. The second kappa shape index (κ2) is 9.18. The summed E-state index contributed by atoms with van der Waals surface area (Å²) in [5, 5.41) is 0.220. The van der Waals surface area contributed by atoms with E-state index in [2.05, 4.69) is 9.97 Å². The molecule has 0 aliphatic rings. The van der Waals surface area contributed by atoms with Gasteiger partial charge in [-0.05, 0) is 31.2 Å². The van der Waals surface area contributed by atoms with Crippen LogP contribution in [0.4, 0.5) is 33.6 Å². The minimum Gasteiger partial charge on any atom is -0.368 e. The number of anilines is 2. The van der Waals surface area contributed by atoms with Gasteiger partial charge in [0.15, 0.2) is 17.5 Å². The summed E-state index contributed by atoms with van der Waals surface area (Å²) in [6, 6.07) is 4.15. The van der Waals surface area contributed by atoms with Crippen LogP contribution in [0.15, 0.2) is 41.3 Å². The maximum Gasteiger partial charge on any atom is 0.260 e. The molecular weight excluding hydrogens is 509 g/mol. The summed E-state index contributed by atoms with van der Waals surface area (Å²) >= 11 is 0. The number of benzene rings is 2. The Hall–Kier alpha value is -4.07. The number of halogens is 5. The van der Waals surface area contributed by atoms with Gasteiger partial charge in [0.05, 0.1) is 5.56 Å². The average Bonchev–Trinajstić information content (AvgIpc) is 2.81. The maximum atomic E-state index is 15.0. The standard InChI is InChI=1S/C22H16F5N5O3S/c1-2-32-20-10(8-29-22(28)30-20)6-12(21(32)33)11-7-16(25)19(18(27)17(11)26)31-36(34,35)9-13-14(23)4-3-5-15(13)24/h3-8,31H,2,9H2,1H3,(H2,28,29,30). The molecule has 36 heavy (non-hydrogen) atoms. The minimum absolute atomic E-state index is 0.0523. The fraction of sp³-hybridized carbons (Fsp3) is 0.136. The third-order valence-electron chi connectivity index (χ3n) is 5.26. The predicted octanol–water partition coefficient (Wildman–Crippen LogP) is 3.70. The number of fused-ring (bicyclic) bond motifs is 1. The van der Waals surface area contributed by atoms with Crippen molar-refractivity contribution in [1.29, 1.82) is 0 Å². The van der Waals surface area contributed by atoms with Crippen LogP contribution in [0.25, 0.3) is 22.2 Å². The molecule has 0 saturated carbocycles. The van der Waals surface area contributed by atoms with Gasteiger partial charge in [-0.15, -0.1) is 0 Å². The van der Waals surface area contributed by atoms with Gasteiger partial charge in [0.25, 0.3) is 5.56 Å². The summed E-state index contributed by atoms with van der Waals surface area (Å²) in [6.07, 6.45) is 1.24. The van der Waals surface area contributed by atoms with Crippen molar-refractivity contribution in [3.05, 3.63) is 81.5 Å². The van der Waals surface area contributed by atoms with Crippen LogP contribution >= 0.6 is 0 Å². The van der Waals surface area contributed by atoms with Gasteiger partial charge >= 0.3 is 0 Å². The van der Waals surface area contributed by atoms with Gasteiger partial charge in [0, 0.05) is 29.3 Å². The van der Waals surface area contributed by atoms with Gasteiger partial charge in [-0.3, -0.25) is 14.1 Å². The quantitative estimate of drug-likeness (QED) is 0.293. The second-order valence-electron chi connectivity index (χ2n) is 7.58. The summed E-state index contributed by atoms with van der Waals surface area (Å²) in [4.78, 5) is 20.7. The first-order chi connectivity index (χ1) is 16.9. The van der Waals surface area contributed by atoms with Crippen molar-refractivity contribution >= 4 is 32.7 Å². The van der Waals surface area contributed by atoms with Crippen LogP contribution in [0.2, 0.25) is 0 Å². The minimum atomic E-state index is -4.79. The molecule has 0 amide bonds. The molecule has 0 aliphatic heterocycles. The molecule has 0 bridgehead atoms. The van der Waals surface area contributed by atoms with Gasteiger partial charge in [0.1, 0.15) is 28.7 Å². The lowest BCUT2D eigenvalue weighted by molar-refractivity contribution is 0.502. The molecule has 0 radical (unpaired) electrons. The monoisotopic (exact) mass is 525 g/mol. The molecule has 0 spiro atoms. The van der Waals surface area contributed by atoms with Crippen molar-refractivity contribution in [2.24, 2.45) is 0 Å². The largest absolute Gasteiger partial charge is 0.368 e. The molecule has 2 aromatic carbocycles. The number of sulfonamides is 1. The van der Waals surface area contributed by atoms with Gasteiger partial charge in [-0.25, -0.2) is 35.4 Å². The number of aryl methyl sites for hydroxylation is 1. The lowest BCUT2D eigenvalue weighted by Gasteiger charge is -2.15. The molecule has 0 saturated heterocycles. The van der Waals surface area contributed by atoms with Crippen LogP contribution in [0.1, 0.15) is 12.5 Å². The molecule has 2 aromatic heterocycles. The fourth-order valence-corrected chi connectivity index (χ4v) is 4.82. The van der Waals surface area contributed by atoms with Crippen molar-refractivity contribution in [2.75, 3.05) is 10.5 Å². The first-order valence-corrected chi connectivity index (χ1v) is 11.9. The maximum absolute atomic E-state index is 15.0. The highest BCUT2D eigenvalue weighted by Gasteiger charge is 2.27. The van der Waals surface area contributed by atoms with Crippen LogP contribution in [-0.4, -0.2) is 23.0 Å². The Morgan fingerprint density at radius 2 is 1.67 bits per heavy atom. The van der Waals surface area contributed by atoms with E-state index < -0.39 is 72.8 Å². The molecular formula is C22H16F5N5O3S. The van der Waals surface area contributed by atoms with Gasteiger partial charge < -0.3 is 5.73 Å². The van der Waals surface area contributed by atoms with Crippen molar-refractivity contribution in [1.82, 2.24) is 14.5 Å². The van der Waals surface area contributed by atoms with E-state index in [4.69, 9.17) is 5.73 Å². The topological polar surface area (TPSA) is 120 Å². The zero-order valence-corrected chi connectivity index (χ0v) is 19.1. The molecule has 8 nitrogen and oxygen atoms in total. The molecule has 3 N–H and O–H groups in total. The Balaban J connectivity index is 1.80. The number of pyridine rings is 1. The van der Waals surface area contributed by atoms with E-state index in [0.717, 1.165) is 28.8 Å². The Morgan fingerprint density at radius 3 is 2.31 bits per heavy atom. The first-order valence-electron chi connectivity index (χ1n) is 10.2. The highest BCUT2D eigenvalue weighted by molar-refractivity contribution is 7.91. The molecule has 188 valence electrons. The molecule has 0 aliphatic carbocycles. The number of nitrogens with one attached hydrogen (secondary N) is 1. The van der Waals surface area contributed by atoms with Gasteiger partial charge in [-0.1, -0.05) is 6.07 Å². The van der Waals surface area contributed by atoms with Gasteiger partial charge in [-0.2, -0.15) is 4.98 Å². The number of hydrogen-bond donors (Lipinski definition) is 2. The smallest absolute Gasteiger partial charge is 0.260 e. The lowest BCUT2D eigenvalue weighted by Crippen LogP contribution is -2.23. The number of hydrogen-bond acceptors (Lipinski definition) is 6. The molecule has 4 rings (SSSR count). The summed E-state index contributed by atoms with van der Waals surface area (Å²) in [6.45, 7) is 1.63. The van der Waals surface area contributed by atoms with Crippen LogP contribution in [0.5, 0.6) is 0 Å². The highest BCUT2D eigenvalue weighted by atomic mass is 32.2. The third-order valence-corrected chi connectivity index (χ3v) is 6.45. The second-order valence-corrected chi connectivity index (χ2v) is 9.31. The number of nitrogens with zero attached hydrogens (tertiary/aromatic N) is 3. The summed E-state index contributed by atoms with van der Waals surface area (Å²) < 4.78 is 99.8. The van der Waals surface area contributed by atoms with E-state index in [-0.39, 0.29) is 23.5 Å². The van der Waals surface area contributed by atoms with Crippen LogP contribution in [0.3, 0.4) is 0 Å². The van der Waals surface area contributed by atoms with Crippen LogP contribution in [0, 0.1) is 29.1 Å². The number of nitrogen functional groups attached to an aromatic ring is 1. The summed E-state index contributed by atoms with van der Waals surface area (Å²) in [5.41, 5.74) is 1.29.